The van der Waals surface area contributed by atoms with Gasteiger partial charge in [-0.2, -0.15) is 4.98 Å². The number of carbonyl (C=O) groups excluding carboxylic acids is 1. The predicted octanol–water partition coefficient (Wildman–Crippen LogP) is 5.60. The number of carbonyl (C=O) groups is 1. The molecule has 1 aliphatic carbocycles. The van der Waals surface area contributed by atoms with Gasteiger partial charge in [0.1, 0.15) is 22.3 Å². The van der Waals surface area contributed by atoms with Gasteiger partial charge in [-0.05, 0) is 67.3 Å². The standard InChI is InChI=1S/C27H22ClF2N3O4S/c1-15(38(35)36)17-4-2-16(3-5-17)12-23(34)31-20-13-21(29)24(22(30)14-20)27(10-11-27)26-32-25(37-33-26)18-6-8-19(28)9-7-18/h2-9,13-15,38H,10-12H2,1H3,(H,31,34). The first-order chi connectivity index (χ1) is 18.2. The Morgan fingerprint density at radius 1 is 1.08 bits per heavy atom. The van der Waals surface area contributed by atoms with Crippen LogP contribution in [0.25, 0.3) is 11.5 Å². The van der Waals surface area contributed by atoms with Gasteiger partial charge < -0.3 is 9.84 Å². The third-order valence-electron chi connectivity index (χ3n) is 6.64. The Labute approximate surface area is 223 Å². The summed E-state index contributed by atoms with van der Waals surface area (Å²) in [6.07, 6.45) is 0.839. The molecule has 1 saturated carbocycles. The SMILES string of the molecule is CC(c1ccc(CC(=O)Nc2cc(F)c(C3(c4noc(-c5ccc(Cl)cc5)n4)CC3)c(F)c2)cc1)[SH](=O)=O. The summed E-state index contributed by atoms with van der Waals surface area (Å²) in [6.45, 7) is 1.57. The van der Waals surface area contributed by atoms with Gasteiger partial charge >= 0.3 is 0 Å². The van der Waals surface area contributed by atoms with Gasteiger partial charge in [-0.3, -0.25) is 4.79 Å². The van der Waals surface area contributed by atoms with Crippen LogP contribution in [0.3, 0.4) is 0 Å². The quantitative estimate of drug-likeness (QED) is 0.273. The Morgan fingerprint density at radius 2 is 1.71 bits per heavy atom. The van der Waals surface area contributed by atoms with Crippen molar-refractivity contribution in [1.29, 1.82) is 0 Å². The van der Waals surface area contributed by atoms with Crippen LogP contribution in [0.2, 0.25) is 5.02 Å². The van der Waals surface area contributed by atoms with Gasteiger partial charge in [0.2, 0.25) is 5.91 Å². The molecule has 38 heavy (non-hydrogen) atoms. The summed E-state index contributed by atoms with van der Waals surface area (Å²) < 4.78 is 58.1. The van der Waals surface area contributed by atoms with Gasteiger partial charge in [-0.25, -0.2) is 17.2 Å². The maximum atomic E-state index is 15.2. The zero-order valence-corrected chi connectivity index (χ0v) is 21.7. The van der Waals surface area contributed by atoms with Crippen molar-refractivity contribution in [3.05, 3.63) is 99.8 Å². The van der Waals surface area contributed by atoms with Crippen LogP contribution < -0.4 is 5.32 Å². The first kappa shape index (κ1) is 26.0. The van der Waals surface area contributed by atoms with Crippen LogP contribution in [0.4, 0.5) is 14.5 Å². The lowest BCUT2D eigenvalue weighted by Crippen LogP contribution is -2.18. The highest BCUT2D eigenvalue weighted by atomic mass is 35.5. The molecule has 4 aromatic rings. The van der Waals surface area contributed by atoms with Crippen molar-refractivity contribution < 1.29 is 26.5 Å². The molecule has 1 unspecified atom stereocenters. The molecule has 7 nitrogen and oxygen atoms in total. The maximum Gasteiger partial charge on any atom is 0.257 e. The van der Waals surface area contributed by atoms with E-state index in [1.807, 2.05) is 0 Å². The summed E-state index contributed by atoms with van der Waals surface area (Å²) >= 11 is 5.92. The molecule has 3 aromatic carbocycles. The zero-order chi connectivity index (χ0) is 27.0. The Morgan fingerprint density at radius 3 is 2.29 bits per heavy atom. The molecular formula is C27H22ClF2N3O4S. The molecule has 0 bridgehead atoms. The van der Waals surface area contributed by atoms with Gasteiger partial charge in [-0.1, -0.05) is 41.0 Å². The number of nitrogens with one attached hydrogen (secondary N) is 1. The van der Waals surface area contributed by atoms with Crippen molar-refractivity contribution in [2.75, 3.05) is 5.32 Å². The summed E-state index contributed by atoms with van der Waals surface area (Å²) in [7, 11) is -2.60. The summed E-state index contributed by atoms with van der Waals surface area (Å²) in [5.74, 6) is -1.70. The molecule has 0 radical (unpaired) electrons. The largest absolute Gasteiger partial charge is 0.334 e. The third kappa shape index (κ3) is 5.19. The number of anilines is 1. The predicted molar refractivity (Wildman–Crippen MR) is 139 cm³/mol. The molecule has 0 saturated heterocycles. The molecule has 1 fully saturated rings. The van der Waals surface area contributed by atoms with Crippen molar-refractivity contribution in [2.24, 2.45) is 0 Å². The van der Waals surface area contributed by atoms with E-state index in [1.165, 1.54) is 0 Å². The summed E-state index contributed by atoms with van der Waals surface area (Å²) in [5.41, 5.74) is 0.642. The van der Waals surface area contributed by atoms with Crippen LogP contribution >= 0.6 is 11.6 Å². The van der Waals surface area contributed by atoms with Crippen LogP contribution in [0.15, 0.2) is 65.2 Å². The van der Waals surface area contributed by atoms with Crippen LogP contribution in [0.1, 0.15) is 47.5 Å². The topological polar surface area (TPSA) is 102 Å². The molecule has 11 heteroatoms. The minimum absolute atomic E-state index is 0.0203. The second-order valence-electron chi connectivity index (χ2n) is 9.25. The number of thiol groups is 1. The molecule has 1 aliphatic rings. The fourth-order valence-corrected chi connectivity index (χ4v) is 4.91. The van der Waals surface area contributed by atoms with Crippen molar-refractivity contribution in [3.63, 3.8) is 0 Å². The molecule has 1 atom stereocenters. The van der Waals surface area contributed by atoms with Crippen LogP contribution in [-0.2, 0) is 27.3 Å². The smallest absolute Gasteiger partial charge is 0.257 e. The van der Waals surface area contributed by atoms with Crippen LogP contribution in [-0.4, -0.2) is 24.5 Å². The Balaban J connectivity index is 1.31. The number of hydrogen-bond donors (Lipinski definition) is 2. The number of amides is 1. The molecule has 196 valence electrons. The van der Waals surface area contributed by atoms with E-state index in [2.05, 4.69) is 15.5 Å². The average molecular weight is 558 g/mol. The van der Waals surface area contributed by atoms with E-state index >= 15 is 8.78 Å². The third-order valence-corrected chi connectivity index (χ3v) is 7.83. The number of halogens is 3. The minimum atomic E-state index is -2.60. The zero-order valence-electron chi connectivity index (χ0n) is 20.1. The average Bonchev–Trinajstić information content (AvgIpc) is 3.50. The van der Waals surface area contributed by atoms with E-state index in [0.717, 1.165) is 12.1 Å². The molecule has 1 aromatic heterocycles. The van der Waals surface area contributed by atoms with E-state index in [1.54, 1.807) is 55.5 Å². The number of rotatable bonds is 8. The number of benzene rings is 3. The van der Waals surface area contributed by atoms with Gasteiger partial charge in [0, 0.05) is 21.8 Å². The molecule has 0 aliphatic heterocycles. The molecule has 1 amide bonds. The first-order valence-corrected chi connectivity index (χ1v) is 13.4. The normalized spacial score (nSPS) is 14.9. The lowest BCUT2D eigenvalue weighted by molar-refractivity contribution is -0.115. The highest BCUT2D eigenvalue weighted by Crippen LogP contribution is 2.54. The van der Waals surface area contributed by atoms with Crippen LogP contribution in [0, 0.1) is 11.6 Å². The van der Waals surface area contributed by atoms with E-state index in [-0.39, 0.29) is 29.4 Å². The highest BCUT2D eigenvalue weighted by Gasteiger charge is 2.53. The summed E-state index contributed by atoms with van der Waals surface area (Å²) in [4.78, 5) is 16.9. The van der Waals surface area contributed by atoms with Crippen molar-refractivity contribution in [2.45, 2.75) is 36.9 Å². The lowest BCUT2D eigenvalue weighted by Gasteiger charge is -2.15. The maximum absolute atomic E-state index is 15.2. The van der Waals surface area contributed by atoms with Gasteiger partial charge in [0.05, 0.1) is 17.1 Å². The number of nitrogens with zero attached hydrogens (tertiary/aromatic N) is 2. The van der Waals surface area contributed by atoms with Gasteiger partial charge in [0.25, 0.3) is 5.89 Å². The van der Waals surface area contributed by atoms with Gasteiger partial charge in [-0.15, -0.1) is 0 Å². The van der Waals surface area contributed by atoms with E-state index < -0.39 is 38.9 Å². The molecule has 0 spiro atoms. The Kier molecular flexibility index (Phi) is 7.02. The highest BCUT2D eigenvalue weighted by molar-refractivity contribution is 7.72. The minimum Gasteiger partial charge on any atom is -0.334 e. The molecular weight excluding hydrogens is 536 g/mol. The van der Waals surface area contributed by atoms with Crippen molar-refractivity contribution in [1.82, 2.24) is 10.1 Å². The monoisotopic (exact) mass is 557 g/mol. The summed E-state index contributed by atoms with van der Waals surface area (Å²) in [6, 6.07) is 15.5. The van der Waals surface area contributed by atoms with E-state index in [4.69, 9.17) is 16.1 Å². The molecule has 1 heterocycles. The Hall–Kier alpha value is -3.63. The van der Waals surface area contributed by atoms with Gasteiger partial charge in [0.15, 0.2) is 5.82 Å². The van der Waals surface area contributed by atoms with E-state index in [0.29, 0.717) is 34.6 Å². The van der Waals surface area contributed by atoms with Crippen molar-refractivity contribution in [3.8, 4) is 11.5 Å². The van der Waals surface area contributed by atoms with Crippen molar-refractivity contribution >= 4 is 33.9 Å². The number of aromatic nitrogens is 2. The lowest BCUT2D eigenvalue weighted by atomic mass is 9.93. The fourth-order valence-electron chi connectivity index (χ4n) is 4.37. The molecule has 5 rings (SSSR count). The van der Waals surface area contributed by atoms with Crippen LogP contribution in [0.5, 0.6) is 0 Å². The fraction of sp³-hybridized carbons (Fsp3) is 0.222. The molecule has 1 N–H and O–H groups in total. The second-order valence-corrected chi connectivity index (χ2v) is 11.0. The second kappa shape index (κ2) is 10.3. The first-order valence-electron chi connectivity index (χ1n) is 11.8. The Bertz CT molecular complexity index is 1550. The summed E-state index contributed by atoms with van der Waals surface area (Å²) in [5, 5.41) is 6.43. The number of hydrogen-bond acceptors (Lipinski definition) is 6. The van der Waals surface area contributed by atoms with E-state index in [9.17, 15) is 13.2 Å².